The summed E-state index contributed by atoms with van der Waals surface area (Å²) < 4.78 is 0. The van der Waals surface area contributed by atoms with Crippen LogP contribution in [0.2, 0.25) is 5.02 Å². The molecular formula is C14H18ClNO3. The lowest BCUT2D eigenvalue weighted by molar-refractivity contribution is -0.141. The fraction of sp³-hybridized carbons (Fsp3) is 0.429. The van der Waals surface area contributed by atoms with E-state index in [1.807, 2.05) is 13.8 Å². The second-order valence-corrected chi connectivity index (χ2v) is 5.24. The smallest absolute Gasteiger partial charge is 0.308 e. The van der Waals surface area contributed by atoms with Gasteiger partial charge in [0.25, 0.3) is 5.91 Å². The van der Waals surface area contributed by atoms with Gasteiger partial charge in [-0.1, -0.05) is 24.6 Å². The predicted octanol–water partition coefficient (Wildman–Crippen LogP) is 2.91. The third-order valence-electron chi connectivity index (χ3n) is 2.85. The molecule has 0 saturated heterocycles. The first-order valence-corrected chi connectivity index (χ1v) is 6.50. The van der Waals surface area contributed by atoms with E-state index in [-0.39, 0.29) is 18.5 Å². The molecule has 0 bridgehead atoms. The van der Waals surface area contributed by atoms with E-state index >= 15 is 0 Å². The van der Waals surface area contributed by atoms with Crippen LogP contribution in [0.4, 0.5) is 0 Å². The molecule has 0 heterocycles. The van der Waals surface area contributed by atoms with Gasteiger partial charge in [-0.2, -0.15) is 0 Å². The lowest BCUT2D eigenvalue weighted by atomic mass is 10.1. The van der Waals surface area contributed by atoms with E-state index < -0.39 is 11.9 Å². The van der Waals surface area contributed by atoms with Crippen molar-refractivity contribution in [3.63, 3.8) is 0 Å². The van der Waals surface area contributed by atoms with Crippen molar-refractivity contribution in [2.24, 2.45) is 5.92 Å². The molecule has 0 saturated carbocycles. The van der Waals surface area contributed by atoms with Crippen LogP contribution in [0.25, 0.3) is 0 Å². The molecule has 1 N–H and O–H groups in total. The molecule has 1 atom stereocenters. The summed E-state index contributed by atoms with van der Waals surface area (Å²) in [6.07, 6.45) is 0. The summed E-state index contributed by atoms with van der Waals surface area (Å²) >= 11 is 5.86. The maximum atomic E-state index is 12.4. The van der Waals surface area contributed by atoms with Crippen molar-refractivity contribution in [1.82, 2.24) is 4.90 Å². The Hall–Kier alpha value is -1.55. The molecule has 1 aromatic rings. The van der Waals surface area contributed by atoms with Crippen LogP contribution in [0, 0.1) is 5.92 Å². The van der Waals surface area contributed by atoms with E-state index in [0.717, 1.165) is 0 Å². The first-order chi connectivity index (χ1) is 8.82. The second-order valence-electron chi connectivity index (χ2n) is 4.80. The van der Waals surface area contributed by atoms with Crippen LogP contribution in [0.1, 0.15) is 31.1 Å². The van der Waals surface area contributed by atoms with Gasteiger partial charge in [-0.05, 0) is 32.0 Å². The number of rotatable bonds is 5. The number of amides is 1. The number of carboxylic acid groups (broad SMARTS) is 1. The molecule has 1 rings (SSSR count). The largest absolute Gasteiger partial charge is 0.481 e. The van der Waals surface area contributed by atoms with Gasteiger partial charge in [-0.15, -0.1) is 0 Å². The average molecular weight is 284 g/mol. The molecular weight excluding hydrogens is 266 g/mol. The van der Waals surface area contributed by atoms with Crippen LogP contribution >= 0.6 is 11.6 Å². The van der Waals surface area contributed by atoms with Gasteiger partial charge in [0.1, 0.15) is 0 Å². The maximum Gasteiger partial charge on any atom is 0.308 e. The van der Waals surface area contributed by atoms with Gasteiger partial charge in [0.05, 0.1) is 5.92 Å². The third-order valence-corrected chi connectivity index (χ3v) is 3.08. The summed E-state index contributed by atoms with van der Waals surface area (Å²) in [4.78, 5) is 24.8. The van der Waals surface area contributed by atoms with Gasteiger partial charge < -0.3 is 10.0 Å². The van der Waals surface area contributed by atoms with Crippen LogP contribution in [0.3, 0.4) is 0 Å². The van der Waals surface area contributed by atoms with Crippen molar-refractivity contribution in [2.45, 2.75) is 26.8 Å². The monoisotopic (exact) mass is 283 g/mol. The van der Waals surface area contributed by atoms with Crippen LogP contribution in [0.5, 0.6) is 0 Å². The Bertz CT molecular complexity index is 474. The molecule has 0 spiro atoms. The number of carbonyl (C=O) groups excluding carboxylic acids is 1. The molecule has 0 aliphatic rings. The fourth-order valence-corrected chi connectivity index (χ4v) is 1.88. The lowest BCUT2D eigenvalue weighted by Gasteiger charge is -2.28. The third kappa shape index (κ3) is 4.24. The Kier molecular flexibility index (Phi) is 5.36. The number of hydrogen-bond donors (Lipinski definition) is 1. The number of benzene rings is 1. The first kappa shape index (κ1) is 15.5. The number of nitrogens with zero attached hydrogens (tertiary/aromatic N) is 1. The van der Waals surface area contributed by atoms with Crippen LogP contribution in [-0.4, -0.2) is 34.5 Å². The van der Waals surface area contributed by atoms with Crippen molar-refractivity contribution in [1.29, 1.82) is 0 Å². The Labute approximate surface area is 118 Å². The Balaban J connectivity index is 2.93. The van der Waals surface area contributed by atoms with E-state index in [9.17, 15) is 9.59 Å². The van der Waals surface area contributed by atoms with E-state index in [0.29, 0.717) is 10.6 Å². The predicted molar refractivity (Wildman–Crippen MR) is 74.4 cm³/mol. The van der Waals surface area contributed by atoms with Crippen molar-refractivity contribution >= 4 is 23.5 Å². The number of carbonyl (C=O) groups is 2. The molecule has 1 unspecified atom stereocenters. The summed E-state index contributed by atoms with van der Waals surface area (Å²) in [5.74, 6) is -1.72. The zero-order valence-corrected chi connectivity index (χ0v) is 12.0. The highest BCUT2D eigenvalue weighted by atomic mass is 35.5. The number of hydrogen-bond acceptors (Lipinski definition) is 2. The van der Waals surface area contributed by atoms with Gasteiger partial charge in [-0.25, -0.2) is 0 Å². The molecule has 0 aromatic heterocycles. The van der Waals surface area contributed by atoms with Gasteiger partial charge in [0.15, 0.2) is 0 Å². The highest BCUT2D eigenvalue weighted by Crippen LogP contribution is 2.15. The quantitative estimate of drug-likeness (QED) is 0.904. The van der Waals surface area contributed by atoms with Gasteiger partial charge in [0.2, 0.25) is 0 Å². The average Bonchev–Trinajstić information content (AvgIpc) is 2.34. The minimum absolute atomic E-state index is 0.0757. The molecule has 19 heavy (non-hydrogen) atoms. The molecule has 0 fully saturated rings. The maximum absolute atomic E-state index is 12.4. The zero-order chi connectivity index (χ0) is 14.6. The van der Waals surface area contributed by atoms with Crippen molar-refractivity contribution in [2.75, 3.05) is 6.54 Å². The molecule has 0 aliphatic carbocycles. The molecule has 5 heteroatoms. The highest BCUT2D eigenvalue weighted by molar-refractivity contribution is 6.30. The van der Waals surface area contributed by atoms with Crippen molar-refractivity contribution in [3.05, 3.63) is 34.9 Å². The molecule has 0 aliphatic heterocycles. The van der Waals surface area contributed by atoms with E-state index in [4.69, 9.17) is 16.7 Å². The topological polar surface area (TPSA) is 57.6 Å². The SMILES string of the molecule is CC(CN(C(=O)c1cccc(Cl)c1)C(C)C)C(=O)O. The summed E-state index contributed by atoms with van der Waals surface area (Å²) in [5, 5.41) is 9.44. The summed E-state index contributed by atoms with van der Waals surface area (Å²) in [6.45, 7) is 5.48. The van der Waals surface area contributed by atoms with Gasteiger partial charge >= 0.3 is 5.97 Å². The van der Waals surface area contributed by atoms with Crippen LogP contribution in [-0.2, 0) is 4.79 Å². The molecule has 1 aromatic carbocycles. The molecule has 4 nitrogen and oxygen atoms in total. The molecule has 104 valence electrons. The zero-order valence-electron chi connectivity index (χ0n) is 11.3. The first-order valence-electron chi connectivity index (χ1n) is 6.12. The van der Waals surface area contributed by atoms with E-state index in [2.05, 4.69) is 0 Å². The van der Waals surface area contributed by atoms with Crippen LogP contribution < -0.4 is 0 Å². The molecule has 0 radical (unpaired) electrons. The van der Waals surface area contributed by atoms with Crippen molar-refractivity contribution < 1.29 is 14.7 Å². The number of carboxylic acids is 1. The normalized spacial score (nSPS) is 12.3. The van der Waals surface area contributed by atoms with Gasteiger partial charge in [-0.3, -0.25) is 9.59 Å². The minimum atomic E-state index is -0.912. The van der Waals surface area contributed by atoms with Gasteiger partial charge in [0, 0.05) is 23.2 Å². The Morgan fingerprint density at radius 3 is 2.42 bits per heavy atom. The van der Waals surface area contributed by atoms with Crippen molar-refractivity contribution in [3.8, 4) is 0 Å². The van der Waals surface area contributed by atoms with E-state index in [1.165, 1.54) is 0 Å². The molecule has 1 amide bonds. The Morgan fingerprint density at radius 1 is 1.32 bits per heavy atom. The second kappa shape index (κ2) is 6.57. The summed E-state index contributed by atoms with van der Waals surface area (Å²) in [6, 6.07) is 6.58. The fourth-order valence-electron chi connectivity index (χ4n) is 1.69. The summed E-state index contributed by atoms with van der Waals surface area (Å²) in [7, 11) is 0. The summed E-state index contributed by atoms with van der Waals surface area (Å²) in [5.41, 5.74) is 0.471. The highest BCUT2D eigenvalue weighted by Gasteiger charge is 2.23. The minimum Gasteiger partial charge on any atom is -0.481 e. The lowest BCUT2D eigenvalue weighted by Crippen LogP contribution is -2.41. The standard InChI is InChI=1S/C14H18ClNO3/c1-9(2)16(8-10(3)14(18)19)13(17)11-5-4-6-12(15)7-11/h4-7,9-10H,8H2,1-3H3,(H,18,19). The number of halogens is 1. The number of aliphatic carboxylic acids is 1. The Morgan fingerprint density at radius 2 is 1.95 bits per heavy atom. The van der Waals surface area contributed by atoms with E-state index in [1.54, 1.807) is 36.1 Å². The van der Waals surface area contributed by atoms with Crippen LogP contribution in [0.15, 0.2) is 24.3 Å².